The third-order valence-electron chi connectivity index (χ3n) is 1.17. The predicted molar refractivity (Wildman–Crippen MR) is 38.8 cm³/mol. The van der Waals surface area contributed by atoms with Crippen LogP contribution in [0, 0.1) is 5.92 Å². The van der Waals surface area contributed by atoms with Gasteiger partial charge in [0.25, 0.3) is 0 Å². The first-order chi connectivity index (χ1) is 2.94. The van der Waals surface area contributed by atoms with Gasteiger partial charge in [0.15, 0.2) is 0 Å². The van der Waals surface area contributed by atoms with Crippen LogP contribution >= 0.6 is 9.24 Å². The molecule has 3 N–H and O–H groups in total. The molecule has 0 fully saturated rings. The lowest BCUT2D eigenvalue weighted by atomic mass is 10.1. The third-order valence-corrected chi connectivity index (χ3v) is 1.84. The van der Waals surface area contributed by atoms with Crippen LogP contribution in [-0.2, 0) is 0 Å². The fourth-order valence-electron chi connectivity index (χ4n) is 0. The number of aliphatic hydroxyl groups is 1. The SMILES string of the molecule is CC(C)C(C)(O)P.O. The second-order valence-electron chi connectivity index (χ2n) is 2.38. The van der Waals surface area contributed by atoms with E-state index in [0.717, 1.165) is 0 Å². The Kier molecular flexibility index (Phi) is 4.74. The molecule has 0 aliphatic carbocycles. The van der Waals surface area contributed by atoms with Crippen LogP contribution in [0.25, 0.3) is 0 Å². The Morgan fingerprint density at radius 2 is 1.62 bits per heavy atom. The largest absolute Gasteiger partial charge is 0.412 e. The summed E-state index contributed by atoms with van der Waals surface area (Å²) in [5.41, 5.74) is 0. The molecule has 0 aromatic heterocycles. The molecule has 2 nitrogen and oxygen atoms in total. The fourth-order valence-corrected chi connectivity index (χ4v) is 0. The Morgan fingerprint density at radius 3 is 1.62 bits per heavy atom. The Morgan fingerprint density at radius 1 is 1.50 bits per heavy atom. The molecule has 0 aromatic rings. The van der Waals surface area contributed by atoms with Gasteiger partial charge in [-0.25, -0.2) is 0 Å². The zero-order chi connectivity index (χ0) is 6.08. The van der Waals surface area contributed by atoms with Crippen molar-refractivity contribution in [3.63, 3.8) is 0 Å². The quantitative estimate of drug-likeness (QED) is 0.524. The van der Waals surface area contributed by atoms with Crippen molar-refractivity contribution >= 4 is 9.24 Å². The summed E-state index contributed by atoms with van der Waals surface area (Å²) in [4.78, 5) is 0. The maximum absolute atomic E-state index is 9.06. The maximum Gasteiger partial charge on any atom is 0.0773 e. The molecule has 0 heterocycles. The van der Waals surface area contributed by atoms with E-state index in [2.05, 4.69) is 9.24 Å². The minimum Gasteiger partial charge on any atom is -0.412 e. The molecule has 0 amide bonds. The van der Waals surface area contributed by atoms with Crippen molar-refractivity contribution in [2.45, 2.75) is 26.1 Å². The lowest BCUT2D eigenvalue weighted by molar-refractivity contribution is 0.106. The highest BCUT2D eigenvalue weighted by molar-refractivity contribution is 7.18. The first-order valence-electron chi connectivity index (χ1n) is 2.46. The molecular weight excluding hydrogens is 123 g/mol. The van der Waals surface area contributed by atoms with Crippen LogP contribution in [0.5, 0.6) is 0 Å². The van der Waals surface area contributed by atoms with Crippen LogP contribution in [0.15, 0.2) is 0 Å². The predicted octanol–water partition coefficient (Wildman–Crippen LogP) is 0.401. The molecule has 0 aliphatic rings. The lowest BCUT2D eigenvalue weighted by Crippen LogP contribution is -2.21. The smallest absolute Gasteiger partial charge is 0.0773 e. The number of rotatable bonds is 1. The molecule has 0 bridgehead atoms. The third kappa shape index (κ3) is 4.51. The van der Waals surface area contributed by atoms with Crippen LogP contribution in [0.1, 0.15) is 20.8 Å². The average Bonchev–Trinajstić information content (AvgIpc) is 1.31. The molecule has 2 unspecified atom stereocenters. The van der Waals surface area contributed by atoms with Crippen molar-refractivity contribution in [3.8, 4) is 0 Å². The molecule has 0 saturated carbocycles. The van der Waals surface area contributed by atoms with Crippen LogP contribution in [0.4, 0.5) is 0 Å². The van der Waals surface area contributed by atoms with Gasteiger partial charge in [-0.2, -0.15) is 0 Å². The van der Waals surface area contributed by atoms with E-state index in [0.29, 0.717) is 5.92 Å². The van der Waals surface area contributed by atoms with Gasteiger partial charge < -0.3 is 10.6 Å². The molecule has 0 rings (SSSR count). The van der Waals surface area contributed by atoms with Crippen LogP contribution in [0.2, 0.25) is 0 Å². The first kappa shape index (κ1) is 11.2. The van der Waals surface area contributed by atoms with Crippen molar-refractivity contribution < 1.29 is 10.6 Å². The molecule has 8 heavy (non-hydrogen) atoms. The normalized spacial score (nSPS) is 17.2. The Hall–Kier alpha value is 0.350. The van der Waals surface area contributed by atoms with Gasteiger partial charge in [0.05, 0.1) is 5.34 Å². The number of hydrogen-bond acceptors (Lipinski definition) is 1. The summed E-state index contributed by atoms with van der Waals surface area (Å²) in [5.74, 6) is 0.317. The van der Waals surface area contributed by atoms with Gasteiger partial charge in [-0.1, -0.05) is 13.8 Å². The number of hydrogen-bond donors (Lipinski definition) is 1. The summed E-state index contributed by atoms with van der Waals surface area (Å²) in [6, 6.07) is 0. The van der Waals surface area contributed by atoms with E-state index in [-0.39, 0.29) is 5.48 Å². The maximum atomic E-state index is 9.06. The van der Waals surface area contributed by atoms with Gasteiger partial charge in [-0.05, 0) is 12.8 Å². The summed E-state index contributed by atoms with van der Waals surface area (Å²) < 4.78 is 0. The summed E-state index contributed by atoms with van der Waals surface area (Å²) >= 11 is 0. The van der Waals surface area contributed by atoms with E-state index >= 15 is 0 Å². The van der Waals surface area contributed by atoms with E-state index in [1.807, 2.05) is 13.8 Å². The van der Waals surface area contributed by atoms with E-state index in [1.165, 1.54) is 0 Å². The molecular formula is C5H15O2P. The monoisotopic (exact) mass is 138 g/mol. The Balaban J connectivity index is 0. The summed E-state index contributed by atoms with van der Waals surface area (Å²) in [6.45, 7) is 5.74. The zero-order valence-electron chi connectivity index (χ0n) is 5.60. The topological polar surface area (TPSA) is 51.7 Å². The van der Waals surface area contributed by atoms with Crippen molar-refractivity contribution in [3.05, 3.63) is 0 Å². The Bertz CT molecular complexity index is 55.9. The van der Waals surface area contributed by atoms with Gasteiger partial charge in [0.1, 0.15) is 0 Å². The van der Waals surface area contributed by atoms with Crippen LogP contribution < -0.4 is 0 Å². The second kappa shape index (κ2) is 3.39. The van der Waals surface area contributed by atoms with Gasteiger partial charge in [0.2, 0.25) is 0 Å². The second-order valence-corrected chi connectivity index (χ2v) is 3.55. The van der Waals surface area contributed by atoms with E-state index in [1.54, 1.807) is 6.92 Å². The first-order valence-corrected chi connectivity index (χ1v) is 3.03. The van der Waals surface area contributed by atoms with Crippen LogP contribution in [-0.4, -0.2) is 15.9 Å². The van der Waals surface area contributed by atoms with Crippen molar-refractivity contribution in [2.75, 3.05) is 0 Å². The minimum atomic E-state index is -0.583. The van der Waals surface area contributed by atoms with Gasteiger partial charge in [0, 0.05) is 0 Å². The lowest BCUT2D eigenvalue weighted by Gasteiger charge is -2.20. The molecule has 0 aromatic carbocycles. The minimum absolute atomic E-state index is 0. The van der Waals surface area contributed by atoms with Crippen LogP contribution in [0.3, 0.4) is 0 Å². The molecule has 0 radical (unpaired) electrons. The summed E-state index contributed by atoms with van der Waals surface area (Å²) in [7, 11) is 2.39. The van der Waals surface area contributed by atoms with Gasteiger partial charge in [-0.15, -0.1) is 9.24 Å². The Labute approximate surface area is 52.8 Å². The van der Waals surface area contributed by atoms with E-state index in [4.69, 9.17) is 5.11 Å². The van der Waals surface area contributed by atoms with Gasteiger partial charge >= 0.3 is 0 Å². The van der Waals surface area contributed by atoms with E-state index in [9.17, 15) is 0 Å². The summed E-state index contributed by atoms with van der Waals surface area (Å²) in [5, 5.41) is 8.47. The fraction of sp³-hybridized carbons (Fsp3) is 1.00. The highest BCUT2D eigenvalue weighted by Crippen LogP contribution is 2.22. The summed E-state index contributed by atoms with van der Waals surface area (Å²) in [6.07, 6.45) is 0. The highest BCUT2D eigenvalue weighted by atomic mass is 31.0. The molecule has 2 atom stereocenters. The molecule has 0 saturated heterocycles. The van der Waals surface area contributed by atoms with Crippen molar-refractivity contribution in [2.24, 2.45) is 5.92 Å². The highest BCUT2D eigenvalue weighted by Gasteiger charge is 2.16. The van der Waals surface area contributed by atoms with Crippen molar-refractivity contribution in [1.82, 2.24) is 0 Å². The van der Waals surface area contributed by atoms with E-state index < -0.39 is 5.34 Å². The molecule has 52 valence electrons. The molecule has 3 heteroatoms. The average molecular weight is 138 g/mol. The standard InChI is InChI=1S/C5H13OP.H2O/c1-4(2)5(3,6)7;/h4,6H,7H2,1-3H3;1H2. The van der Waals surface area contributed by atoms with Crippen molar-refractivity contribution in [1.29, 1.82) is 0 Å². The van der Waals surface area contributed by atoms with Gasteiger partial charge in [-0.3, -0.25) is 0 Å². The molecule has 0 spiro atoms. The zero-order valence-corrected chi connectivity index (χ0v) is 6.76. The molecule has 0 aliphatic heterocycles.